The van der Waals surface area contributed by atoms with Gasteiger partial charge in [0.1, 0.15) is 11.7 Å². The van der Waals surface area contributed by atoms with Crippen molar-refractivity contribution in [3.8, 4) is 0 Å². The first kappa shape index (κ1) is 13.1. The first-order chi connectivity index (χ1) is 10.3. The fourth-order valence-electron chi connectivity index (χ4n) is 4.01. The molecule has 0 unspecified atom stereocenters. The first-order valence-electron chi connectivity index (χ1n) is 7.59. The van der Waals surface area contributed by atoms with Crippen molar-refractivity contribution in [2.45, 2.75) is 24.5 Å². The van der Waals surface area contributed by atoms with Crippen LogP contribution in [0.3, 0.4) is 0 Å². The number of hydrogen-bond acceptors (Lipinski definition) is 2. The van der Waals surface area contributed by atoms with Gasteiger partial charge in [-0.3, -0.25) is 0 Å². The number of ether oxygens (including phenoxy) is 2. The van der Waals surface area contributed by atoms with Crippen LogP contribution in [0.2, 0.25) is 0 Å². The molecule has 0 radical (unpaired) electrons. The molecule has 0 bridgehead atoms. The molecule has 1 fully saturated rings. The van der Waals surface area contributed by atoms with Gasteiger partial charge < -0.3 is 9.47 Å². The molecule has 0 saturated heterocycles. The lowest BCUT2D eigenvalue weighted by Crippen LogP contribution is -2.39. The molecule has 108 valence electrons. The summed E-state index contributed by atoms with van der Waals surface area (Å²) in [6, 6.07) is 17.2. The summed E-state index contributed by atoms with van der Waals surface area (Å²) < 4.78 is 12.0. The van der Waals surface area contributed by atoms with E-state index in [1.165, 1.54) is 35.1 Å². The molecule has 2 aliphatic carbocycles. The SMILES string of the molecule is COC1c2ccccc2C(OC)(C2CC2)c2ccccc21. The Balaban J connectivity index is 2.05. The van der Waals surface area contributed by atoms with E-state index >= 15 is 0 Å². The van der Waals surface area contributed by atoms with Gasteiger partial charge in [0.05, 0.1) is 0 Å². The van der Waals surface area contributed by atoms with Crippen molar-refractivity contribution in [3.63, 3.8) is 0 Å². The Morgan fingerprint density at radius 1 is 0.857 bits per heavy atom. The zero-order chi connectivity index (χ0) is 14.4. The molecule has 0 amide bonds. The maximum atomic E-state index is 6.19. The molecular formula is C19H20O2. The Labute approximate surface area is 125 Å². The Bertz CT molecular complexity index is 625. The van der Waals surface area contributed by atoms with E-state index < -0.39 is 0 Å². The standard InChI is InChI=1S/C19H20O2/c1-20-18-14-7-3-5-9-16(14)19(21-2,13-11-12-13)17-10-6-4-8-15(17)18/h3-10,13,18H,11-12H2,1-2H3. The van der Waals surface area contributed by atoms with Crippen molar-refractivity contribution in [1.82, 2.24) is 0 Å². The maximum Gasteiger partial charge on any atom is 0.121 e. The largest absolute Gasteiger partial charge is 0.372 e. The van der Waals surface area contributed by atoms with Crippen molar-refractivity contribution in [2.75, 3.05) is 14.2 Å². The summed E-state index contributed by atoms with van der Waals surface area (Å²) in [7, 11) is 3.63. The summed E-state index contributed by atoms with van der Waals surface area (Å²) in [5.41, 5.74) is 4.74. The fourth-order valence-corrected chi connectivity index (χ4v) is 4.01. The van der Waals surface area contributed by atoms with Crippen molar-refractivity contribution >= 4 is 0 Å². The molecule has 1 saturated carbocycles. The van der Waals surface area contributed by atoms with Gasteiger partial charge in [0.2, 0.25) is 0 Å². The van der Waals surface area contributed by atoms with Gasteiger partial charge in [-0.2, -0.15) is 0 Å². The van der Waals surface area contributed by atoms with Crippen LogP contribution in [-0.2, 0) is 15.1 Å². The van der Waals surface area contributed by atoms with E-state index in [9.17, 15) is 0 Å². The first-order valence-corrected chi connectivity index (χ1v) is 7.59. The van der Waals surface area contributed by atoms with Crippen LogP contribution in [0.1, 0.15) is 41.2 Å². The van der Waals surface area contributed by atoms with Gasteiger partial charge in [-0.05, 0) is 41.0 Å². The van der Waals surface area contributed by atoms with Crippen LogP contribution in [0.15, 0.2) is 48.5 Å². The normalized spacial score (nSPS) is 27.0. The second-order valence-corrected chi connectivity index (χ2v) is 6.00. The number of fused-ring (bicyclic) bond motifs is 2. The van der Waals surface area contributed by atoms with Crippen LogP contribution in [0, 0.1) is 5.92 Å². The van der Waals surface area contributed by atoms with Crippen molar-refractivity contribution < 1.29 is 9.47 Å². The van der Waals surface area contributed by atoms with Crippen molar-refractivity contribution in [1.29, 1.82) is 0 Å². The molecule has 2 aromatic rings. The summed E-state index contributed by atoms with van der Waals surface area (Å²) in [5, 5.41) is 0. The van der Waals surface area contributed by atoms with Gasteiger partial charge in [-0.25, -0.2) is 0 Å². The Morgan fingerprint density at radius 3 is 1.81 bits per heavy atom. The molecular weight excluding hydrogens is 260 g/mol. The van der Waals surface area contributed by atoms with Crippen LogP contribution >= 0.6 is 0 Å². The molecule has 0 aromatic heterocycles. The minimum absolute atomic E-state index is 0.000532. The third-order valence-electron chi connectivity index (χ3n) is 5.00. The third-order valence-corrected chi connectivity index (χ3v) is 5.00. The highest BCUT2D eigenvalue weighted by Crippen LogP contribution is 2.57. The van der Waals surface area contributed by atoms with E-state index in [0.717, 1.165) is 0 Å². The highest BCUT2D eigenvalue weighted by Gasteiger charge is 2.53. The summed E-state index contributed by atoms with van der Waals surface area (Å²) >= 11 is 0. The lowest BCUT2D eigenvalue weighted by molar-refractivity contribution is -0.00900. The third kappa shape index (κ3) is 1.66. The zero-order valence-electron chi connectivity index (χ0n) is 12.5. The zero-order valence-corrected chi connectivity index (χ0v) is 12.5. The van der Waals surface area contributed by atoms with Crippen LogP contribution in [-0.4, -0.2) is 14.2 Å². The maximum absolute atomic E-state index is 6.19. The minimum atomic E-state index is -0.303. The molecule has 0 aliphatic heterocycles. The molecule has 0 N–H and O–H groups in total. The molecule has 0 spiro atoms. The van der Waals surface area contributed by atoms with Gasteiger partial charge in [-0.1, -0.05) is 48.5 Å². The van der Waals surface area contributed by atoms with Crippen molar-refractivity contribution in [2.24, 2.45) is 5.92 Å². The fraction of sp³-hybridized carbons (Fsp3) is 0.368. The lowest BCUT2D eigenvalue weighted by Gasteiger charge is -2.42. The number of hydrogen-bond donors (Lipinski definition) is 0. The van der Waals surface area contributed by atoms with E-state index in [4.69, 9.17) is 9.47 Å². The molecule has 4 rings (SSSR count). The van der Waals surface area contributed by atoms with E-state index in [1.54, 1.807) is 7.11 Å². The average Bonchev–Trinajstić information content (AvgIpc) is 3.38. The Kier molecular flexibility index (Phi) is 2.91. The summed E-state index contributed by atoms with van der Waals surface area (Å²) in [6.45, 7) is 0. The summed E-state index contributed by atoms with van der Waals surface area (Å²) in [6.07, 6.45) is 2.46. The predicted molar refractivity (Wildman–Crippen MR) is 82.2 cm³/mol. The highest BCUT2D eigenvalue weighted by atomic mass is 16.5. The van der Waals surface area contributed by atoms with Gasteiger partial charge in [0.25, 0.3) is 0 Å². The van der Waals surface area contributed by atoms with Gasteiger partial charge in [-0.15, -0.1) is 0 Å². The average molecular weight is 280 g/mol. The van der Waals surface area contributed by atoms with E-state index in [0.29, 0.717) is 5.92 Å². The minimum Gasteiger partial charge on any atom is -0.372 e. The number of rotatable bonds is 3. The van der Waals surface area contributed by atoms with E-state index in [1.807, 2.05) is 7.11 Å². The molecule has 0 heterocycles. The molecule has 2 aromatic carbocycles. The molecule has 2 aliphatic rings. The van der Waals surface area contributed by atoms with Crippen molar-refractivity contribution in [3.05, 3.63) is 70.8 Å². The Morgan fingerprint density at radius 2 is 1.38 bits per heavy atom. The second-order valence-electron chi connectivity index (χ2n) is 6.00. The Hall–Kier alpha value is -1.64. The number of benzene rings is 2. The smallest absolute Gasteiger partial charge is 0.121 e. The van der Waals surface area contributed by atoms with Gasteiger partial charge in [0.15, 0.2) is 0 Å². The van der Waals surface area contributed by atoms with Crippen LogP contribution in [0.25, 0.3) is 0 Å². The second kappa shape index (κ2) is 4.69. The van der Waals surface area contributed by atoms with E-state index in [-0.39, 0.29) is 11.7 Å². The highest BCUT2D eigenvalue weighted by molar-refractivity contribution is 5.55. The van der Waals surface area contributed by atoms with Crippen LogP contribution in [0.5, 0.6) is 0 Å². The van der Waals surface area contributed by atoms with Crippen LogP contribution in [0.4, 0.5) is 0 Å². The lowest BCUT2D eigenvalue weighted by atomic mass is 9.71. The predicted octanol–water partition coefficient (Wildman–Crippen LogP) is 4.04. The molecule has 21 heavy (non-hydrogen) atoms. The van der Waals surface area contributed by atoms with Gasteiger partial charge in [0, 0.05) is 14.2 Å². The molecule has 2 heteroatoms. The summed E-state index contributed by atoms with van der Waals surface area (Å²) in [5.74, 6) is 0.572. The monoisotopic (exact) mass is 280 g/mol. The van der Waals surface area contributed by atoms with Crippen LogP contribution < -0.4 is 0 Å². The van der Waals surface area contributed by atoms with Gasteiger partial charge >= 0.3 is 0 Å². The molecule has 0 atom stereocenters. The number of methoxy groups -OCH3 is 2. The topological polar surface area (TPSA) is 18.5 Å². The van der Waals surface area contributed by atoms with E-state index in [2.05, 4.69) is 48.5 Å². The quantitative estimate of drug-likeness (QED) is 0.845. The molecule has 2 nitrogen and oxygen atoms in total. The summed E-state index contributed by atoms with van der Waals surface area (Å²) in [4.78, 5) is 0.